The van der Waals surface area contributed by atoms with Crippen molar-refractivity contribution in [3.63, 3.8) is 0 Å². The van der Waals surface area contributed by atoms with E-state index >= 15 is 0 Å². The lowest BCUT2D eigenvalue weighted by Gasteiger charge is -2.33. The smallest absolute Gasteiger partial charge is 0.250 e. The highest BCUT2D eigenvalue weighted by molar-refractivity contribution is 6.02. The fourth-order valence-electron chi connectivity index (χ4n) is 3.02. The van der Waals surface area contributed by atoms with Crippen LogP contribution in [0.2, 0.25) is 0 Å². The first-order valence-electron chi connectivity index (χ1n) is 7.13. The molecule has 4 heteroatoms. The molecule has 1 aliphatic rings. The van der Waals surface area contributed by atoms with Gasteiger partial charge in [-0.05, 0) is 43.5 Å². The second-order valence-corrected chi connectivity index (χ2v) is 5.50. The Morgan fingerprint density at radius 1 is 1.24 bits per heavy atom. The average Bonchev–Trinajstić information content (AvgIpc) is 2.46. The van der Waals surface area contributed by atoms with Crippen molar-refractivity contribution in [2.45, 2.75) is 19.8 Å². The van der Waals surface area contributed by atoms with Crippen molar-refractivity contribution in [1.82, 2.24) is 0 Å². The molecule has 0 saturated heterocycles. The van der Waals surface area contributed by atoms with Crippen LogP contribution < -0.4 is 16.4 Å². The fraction of sp³-hybridized carbons (Fsp3) is 0.235. The number of nitrogens with two attached hydrogens (primary N) is 2. The molecule has 0 radical (unpaired) electrons. The first-order chi connectivity index (χ1) is 10.1. The number of nitrogen functional groups attached to an aromatic ring is 1. The molecule has 3 rings (SSSR count). The molecule has 1 heterocycles. The van der Waals surface area contributed by atoms with Gasteiger partial charge in [-0.3, -0.25) is 4.79 Å². The quantitative estimate of drug-likeness (QED) is 0.831. The zero-order valence-electron chi connectivity index (χ0n) is 12.1. The van der Waals surface area contributed by atoms with E-state index in [9.17, 15) is 4.79 Å². The highest BCUT2D eigenvalue weighted by Gasteiger charge is 2.23. The summed E-state index contributed by atoms with van der Waals surface area (Å²) in [6, 6.07) is 11.7. The van der Waals surface area contributed by atoms with E-state index in [2.05, 4.69) is 30.0 Å². The second-order valence-electron chi connectivity index (χ2n) is 5.50. The summed E-state index contributed by atoms with van der Waals surface area (Å²) < 4.78 is 0. The van der Waals surface area contributed by atoms with Gasteiger partial charge >= 0.3 is 0 Å². The van der Waals surface area contributed by atoms with Gasteiger partial charge in [0.25, 0.3) is 5.91 Å². The van der Waals surface area contributed by atoms with Crippen LogP contribution in [0.3, 0.4) is 0 Å². The normalized spacial score (nSPS) is 13.9. The van der Waals surface area contributed by atoms with Crippen molar-refractivity contribution in [3.8, 4) is 0 Å². The zero-order chi connectivity index (χ0) is 15.0. The van der Waals surface area contributed by atoms with Crippen molar-refractivity contribution < 1.29 is 4.79 Å². The van der Waals surface area contributed by atoms with Crippen molar-refractivity contribution in [2.24, 2.45) is 5.73 Å². The van der Waals surface area contributed by atoms with Crippen LogP contribution in [-0.4, -0.2) is 12.5 Å². The summed E-state index contributed by atoms with van der Waals surface area (Å²) in [5, 5.41) is 0. The van der Waals surface area contributed by atoms with Crippen LogP contribution in [0.4, 0.5) is 17.1 Å². The molecule has 108 valence electrons. The number of carbonyl (C=O) groups excluding carboxylic acids is 1. The summed E-state index contributed by atoms with van der Waals surface area (Å²) in [4.78, 5) is 13.8. The minimum Gasteiger partial charge on any atom is -0.397 e. The molecule has 0 spiro atoms. The lowest BCUT2D eigenvalue weighted by atomic mass is 9.97. The molecule has 0 saturated carbocycles. The number of fused-ring (bicyclic) bond motifs is 1. The number of amides is 1. The molecule has 4 nitrogen and oxygen atoms in total. The first-order valence-corrected chi connectivity index (χ1v) is 7.13. The van der Waals surface area contributed by atoms with Gasteiger partial charge in [-0.15, -0.1) is 0 Å². The van der Waals surface area contributed by atoms with E-state index in [0.717, 1.165) is 30.8 Å². The van der Waals surface area contributed by atoms with Gasteiger partial charge in [0.15, 0.2) is 0 Å². The number of hydrogen-bond acceptors (Lipinski definition) is 3. The largest absolute Gasteiger partial charge is 0.397 e. The monoisotopic (exact) mass is 281 g/mol. The van der Waals surface area contributed by atoms with Crippen LogP contribution in [0.15, 0.2) is 36.4 Å². The topological polar surface area (TPSA) is 72.3 Å². The predicted molar refractivity (Wildman–Crippen MR) is 85.9 cm³/mol. The Morgan fingerprint density at radius 2 is 2.05 bits per heavy atom. The van der Waals surface area contributed by atoms with Crippen LogP contribution in [-0.2, 0) is 6.42 Å². The summed E-state index contributed by atoms with van der Waals surface area (Å²) in [7, 11) is 0. The molecule has 1 aliphatic heterocycles. The third-order valence-corrected chi connectivity index (χ3v) is 3.96. The summed E-state index contributed by atoms with van der Waals surface area (Å²) in [6.07, 6.45) is 2.08. The van der Waals surface area contributed by atoms with Crippen LogP contribution in [0.25, 0.3) is 0 Å². The summed E-state index contributed by atoms with van der Waals surface area (Å²) in [6.45, 7) is 2.93. The number of nitrogens with zero attached hydrogens (tertiary/aromatic N) is 1. The number of rotatable bonds is 2. The van der Waals surface area contributed by atoms with Gasteiger partial charge in [0.1, 0.15) is 0 Å². The third kappa shape index (κ3) is 2.33. The SMILES string of the molecule is Cc1ccc2c(c1)CCCN2c1c(N)cccc1C(N)=O. The van der Waals surface area contributed by atoms with Crippen molar-refractivity contribution in [2.75, 3.05) is 17.2 Å². The lowest BCUT2D eigenvalue weighted by Crippen LogP contribution is -2.28. The van der Waals surface area contributed by atoms with E-state index in [-0.39, 0.29) is 0 Å². The van der Waals surface area contributed by atoms with Crippen molar-refractivity contribution in [1.29, 1.82) is 0 Å². The van der Waals surface area contributed by atoms with E-state index in [0.29, 0.717) is 11.3 Å². The highest BCUT2D eigenvalue weighted by atomic mass is 16.1. The maximum atomic E-state index is 11.7. The number of anilines is 3. The van der Waals surface area contributed by atoms with E-state index < -0.39 is 5.91 Å². The second kappa shape index (κ2) is 5.13. The van der Waals surface area contributed by atoms with Gasteiger partial charge < -0.3 is 16.4 Å². The van der Waals surface area contributed by atoms with Gasteiger partial charge in [0.05, 0.1) is 16.9 Å². The lowest BCUT2D eigenvalue weighted by molar-refractivity contribution is 0.100. The van der Waals surface area contributed by atoms with Crippen LogP contribution in [0.1, 0.15) is 27.9 Å². The zero-order valence-corrected chi connectivity index (χ0v) is 12.1. The van der Waals surface area contributed by atoms with Gasteiger partial charge in [-0.2, -0.15) is 0 Å². The van der Waals surface area contributed by atoms with Crippen molar-refractivity contribution in [3.05, 3.63) is 53.1 Å². The molecule has 0 fully saturated rings. The summed E-state index contributed by atoms with van der Waals surface area (Å²) in [5.74, 6) is -0.448. The van der Waals surface area contributed by atoms with Gasteiger partial charge in [-0.25, -0.2) is 0 Å². The molecular formula is C17H19N3O. The molecular weight excluding hydrogens is 262 g/mol. The number of aryl methyl sites for hydroxylation is 2. The minimum absolute atomic E-state index is 0.448. The molecule has 21 heavy (non-hydrogen) atoms. The molecule has 2 aromatic carbocycles. The van der Waals surface area contributed by atoms with E-state index in [1.54, 1.807) is 12.1 Å². The molecule has 0 aliphatic carbocycles. The average molecular weight is 281 g/mol. The Bertz CT molecular complexity index is 709. The molecule has 0 bridgehead atoms. The van der Waals surface area contributed by atoms with Gasteiger partial charge in [0, 0.05) is 12.2 Å². The molecule has 4 N–H and O–H groups in total. The molecule has 0 aromatic heterocycles. The van der Waals surface area contributed by atoms with Crippen molar-refractivity contribution >= 4 is 23.0 Å². The summed E-state index contributed by atoms with van der Waals surface area (Å²) >= 11 is 0. The van der Waals surface area contributed by atoms with Gasteiger partial charge in [-0.1, -0.05) is 23.8 Å². The molecule has 0 atom stereocenters. The van der Waals surface area contributed by atoms with Crippen LogP contribution >= 0.6 is 0 Å². The number of hydrogen-bond donors (Lipinski definition) is 2. The maximum absolute atomic E-state index is 11.7. The first kappa shape index (κ1) is 13.5. The van der Waals surface area contributed by atoms with Crippen LogP contribution in [0.5, 0.6) is 0 Å². The summed E-state index contributed by atoms with van der Waals surface area (Å²) in [5.41, 5.74) is 17.1. The highest BCUT2D eigenvalue weighted by Crippen LogP contribution is 2.38. The Kier molecular flexibility index (Phi) is 3.29. The van der Waals surface area contributed by atoms with E-state index in [1.807, 2.05) is 6.07 Å². The number of carbonyl (C=O) groups is 1. The molecule has 0 unspecified atom stereocenters. The number of primary amides is 1. The maximum Gasteiger partial charge on any atom is 0.250 e. The molecule has 1 amide bonds. The fourth-order valence-corrected chi connectivity index (χ4v) is 3.02. The van der Waals surface area contributed by atoms with E-state index in [4.69, 9.17) is 11.5 Å². The Labute approximate surface area is 124 Å². The van der Waals surface area contributed by atoms with Crippen LogP contribution in [0, 0.1) is 6.92 Å². The minimum atomic E-state index is -0.448. The standard InChI is InChI=1S/C17H19N3O/c1-11-7-8-15-12(10-11)4-3-9-20(15)16-13(17(19)21)5-2-6-14(16)18/h2,5-8,10H,3-4,9,18H2,1H3,(H2,19,21). The number of benzene rings is 2. The molecule has 2 aromatic rings. The van der Waals surface area contributed by atoms with E-state index in [1.165, 1.54) is 11.1 Å². The van der Waals surface area contributed by atoms with Gasteiger partial charge in [0.2, 0.25) is 0 Å². The Balaban J connectivity index is 2.18. The number of para-hydroxylation sites is 1. The third-order valence-electron chi connectivity index (χ3n) is 3.96. The Morgan fingerprint density at radius 3 is 2.81 bits per heavy atom. The predicted octanol–water partition coefficient (Wildman–Crippen LogP) is 2.76. The Hall–Kier alpha value is -2.49.